The highest BCUT2D eigenvalue weighted by Crippen LogP contribution is 2.16. The smallest absolute Gasteiger partial charge is 0.237 e. The van der Waals surface area contributed by atoms with Crippen molar-refractivity contribution in [1.82, 2.24) is 20.6 Å². The van der Waals surface area contributed by atoms with Crippen molar-refractivity contribution in [3.63, 3.8) is 0 Å². The average Bonchev–Trinajstić information content (AvgIpc) is 2.92. The molecule has 1 amide bonds. The van der Waals surface area contributed by atoms with Crippen LogP contribution in [0.3, 0.4) is 0 Å². The lowest BCUT2D eigenvalue weighted by atomic mass is 10.0. The van der Waals surface area contributed by atoms with E-state index in [1.807, 2.05) is 31.2 Å². The number of rotatable bonds is 3. The molecule has 0 spiro atoms. The summed E-state index contributed by atoms with van der Waals surface area (Å²) in [5, 5.41) is 6.29. The van der Waals surface area contributed by atoms with E-state index in [1.54, 1.807) is 0 Å². The first-order valence-corrected chi connectivity index (χ1v) is 7.22. The van der Waals surface area contributed by atoms with Crippen molar-refractivity contribution in [2.75, 3.05) is 6.54 Å². The first kappa shape index (κ1) is 13.1. The number of hydrogen-bond acceptors (Lipinski definition) is 3. The number of aromatic nitrogens is 2. The Morgan fingerprint density at radius 1 is 1.40 bits per heavy atom. The van der Waals surface area contributed by atoms with Crippen LogP contribution in [0.15, 0.2) is 24.3 Å². The van der Waals surface area contributed by atoms with Crippen molar-refractivity contribution in [2.45, 2.75) is 38.3 Å². The Kier molecular flexibility index (Phi) is 3.69. The van der Waals surface area contributed by atoms with Crippen molar-refractivity contribution in [3.05, 3.63) is 30.1 Å². The molecule has 1 aliphatic rings. The molecule has 2 unspecified atom stereocenters. The van der Waals surface area contributed by atoms with Crippen molar-refractivity contribution in [2.24, 2.45) is 0 Å². The van der Waals surface area contributed by atoms with Crippen LogP contribution in [-0.2, 0) is 4.79 Å². The van der Waals surface area contributed by atoms with Gasteiger partial charge in [-0.2, -0.15) is 0 Å². The Morgan fingerprint density at radius 3 is 3.00 bits per heavy atom. The highest BCUT2D eigenvalue weighted by molar-refractivity contribution is 5.82. The number of carbonyl (C=O) groups excluding carboxylic acids is 1. The number of carbonyl (C=O) groups is 1. The number of fused-ring (bicyclic) bond motifs is 1. The maximum atomic E-state index is 12.2. The van der Waals surface area contributed by atoms with Crippen LogP contribution in [0.25, 0.3) is 11.0 Å². The van der Waals surface area contributed by atoms with Crippen LogP contribution in [0, 0.1) is 0 Å². The van der Waals surface area contributed by atoms with Crippen LogP contribution < -0.4 is 10.6 Å². The Hall–Kier alpha value is -1.88. The normalized spacial score (nSPS) is 20.8. The number of imidazole rings is 1. The lowest BCUT2D eigenvalue weighted by molar-refractivity contribution is -0.124. The minimum Gasteiger partial charge on any atom is -0.345 e. The number of nitrogens with zero attached hydrogens (tertiary/aromatic N) is 1. The predicted octanol–water partition coefficient (Wildman–Crippen LogP) is 1.88. The summed E-state index contributed by atoms with van der Waals surface area (Å²) in [4.78, 5) is 20.0. The largest absolute Gasteiger partial charge is 0.345 e. The van der Waals surface area contributed by atoms with Crippen LogP contribution in [-0.4, -0.2) is 28.5 Å². The fraction of sp³-hybridized carbons (Fsp3) is 0.467. The quantitative estimate of drug-likeness (QED) is 0.799. The Balaban J connectivity index is 1.68. The molecule has 2 heterocycles. The second-order valence-electron chi connectivity index (χ2n) is 5.37. The van der Waals surface area contributed by atoms with Gasteiger partial charge in [-0.25, -0.2) is 4.98 Å². The number of para-hydroxylation sites is 2. The molecule has 1 saturated heterocycles. The second kappa shape index (κ2) is 5.63. The highest BCUT2D eigenvalue weighted by Gasteiger charge is 2.22. The van der Waals surface area contributed by atoms with E-state index in [0.717, 1.165) is 42.7 Å². The third-order valence-electron chi connectivity index (χ3n) is 3.80. The molecule has 2 atom stereocenters. The Bertz CT molecular complexity index is 568. The number of hydrogen-bond donors (Lipinski definition) is 3. The third kappa shape index (κ3) is 2.67. The minimum atomic E-state index is -0.112. The van der Waals surface area contributed by atoms with Crippen LogP contribution in [0.5, 0.6) is 0 Å². The highest BCUT2D eigenvalue weighted by atomic mass is 16.2. The zero-order valence-corrected chi connectivity index (χ0v) is 11.6. The van der Waals surface area contributed by atoms with Crippen LogP contribution in [0.4, 0.5) is 0 Å². The van der Waals surface area contributed by atoms with E-state index in [1.165, 1.54) is 0 Å². The number of amides is 1. The van der Waals surface area contributed by atoms with E-state index in [4.69, 9.17) is 0 Å². The standard InChI is InChI=1S/C15H20N4O/c1-10(17-15(20)13-8-4-5-9-16-13)14-18-11-6-2-3-7-12(11)19-14/h2-3,6-7,10,13,16H,4-5,8-9H2,1H3,(H,17,20)(H,18,19). The Labute approximate surface area is 118 Å². The van der Waals surface area contributed by atoms with Gasteiger partial charge in [-0.05, 0) is 38.4 Å². The molecule has 3 rings (SSSR count). The van der Waals surface area contributed by atoms with E-state index in [9.17, 15) is 4.79 Å². The molecule has 0 aliphatic carbocycles. The fourth-order valence-electron chi connectivity index (χ4n) is 2.64. The summed E-state index contributed by atoms with van der Waals surface area (Å²) in [5.41, 5.74) is 1.93. The summed E-state index contributed by atoms with van der Waals surface area (Å²) in [6.07, 6.45) is 3.19. The van der Waals surface area contributed by atoms with Crippen molar-refractivity contribution in [1.29, 1.82) is 0 Å². The van der Waals surface area contributed by atoms with Gasteiger partial charge in [-0.3, -0.25) is 4.79 Å². The topological polar surface area (TPSA) is 69.8 Å². The first-order valence-electron chi connectivity index (χ1n) is 7.22. The molecular formula is C15H20N4O. The van der Waals surface area contributed by atoms with Gasteiger partial charge in [0.25, 0.3) is 0 Å². The van der Waals surface area contributed by atoms with Crippen molar-refractivity contribution < 1.29 is 4.79 Å². The molecule has 5 heteroatoms. The SMILES string of the molecule is CC(NC(=O)C1CCCCN1)c1nc2ccccc2[nH]1. The number of piperidine rings is 1. The molecule has 3 N–H and O–H groups in total. The molecular weight excluding hydrogens is 252 g/mol. The van der Waals surface area contributed by atoms with Crippen molar-refractivity contribution >= 4 is 16.9 Å². The van der Waals surface area contributed by atoms with Crippen LogP contribution in [0.2, 0.25) is 0 Å². The van der Waals surface area contributed by atoms with E-state index < -0.39 is 0 Å². The minimum absolute atomic E-state index is 0.0596. The van der Waals surface area contributed by atoms with Gasteiger partial charge in [0, 0.05) is 0 Å². The lowest BCUT2D eigenvalue weighted by Crippen LogP contribution is -2.47. The average molecular weight is 272 g/mol. The van der Waals surface area contributed by atoms with Gasteiger partial charge in [0.1, 0.15) is 5.82 Å². The maximum absolute atomic E-state index is 12.2. The summed E-state index contributed by atoms with van der Waals surface area (Å²) < 4.78 is 0. The van der Waals surface area contributed by atoms with Gasteiger partial charge in [0.05, 0.1) is 23.1 Å². The Morgan fingerprint density at radius 2 is 2.25 bits per heavy atom. The third-order valence-corrected chi connectivity index (χ3v) is 3.80. The molecule has 0 radical (unpaired) electrons. The summed E-state index contributed by atoms with van der Waals surface area (Å²) >= 11 is 0. The lowest BCUT2D eigenvalue weighted by Gasteiger charge is -2.24. The van der Waals surface area contributed by atoms with E-state index in [-0.39, 0.29) is 18.0 Å². The van der Waals surface area contributed by atoms with Gasteiger partial charge < -0.3 is 15.6 Å². The van der Waals surface area contributed by atoms with E-state index >= 15 is 0 Å². The molecule has 1 aromatic carbocycles. The van der Waals surface area contributed by atoms with E-state index in [2.05, 4.69) is 20.6 Å². The predicted molar refractivity (Wildman–Crippen MR) is 78.3 cm³/mol. The molecule has 1 aromatic heterocycles. The van der Waals surface area contributed by atoms with Crippen LogP contribution in [0.1, 0.15) is 38.1 Å². The molecule has 5 nitrogen and oxygen atoms in total. The zero-order valence-electron chi connectivity index (χ0n) is 11.6. The fourth-order valence-corrected chi connectivity index (χ4v) is 2.64. The number of benzene rings is 1. The molecule has 106 valence electrons. The monoisotopic (exact) mass is 272 g/mol. The summed E-state index contributed by atoms with van der Waals surface area (Å²) in [5.74, 6) is 0.869. The molecule has 1 fully saturated rings. The summed E-state index contributed by atoms with van der Waals surface area (Å²) in [7, 11) is 0. The van der Waals surface area contributed by atoms with Gasteiger partial charge in [-0.1, -0.05) is 18.6 Å². The molecule has 20 heavy (non-hydrogen) atoms. The van der Waals surface area contributed by atoms with Gasteiger partial charge in [-0.15, -0.1) is 0 Å². The molecule has 0 saturated carbocycles. The van der Waals surface area contributed by atoms with Gasteiger partial charge >= 0.3 is 0 Å². The summed E-state index contributed by atoms with van der Waals surface area (Å²) in [6, 6.07) is 7.71. The van der Waals surface area contributed by atoms with Crippen LogP contribution >= 0.6 is 0 Å². The van der Waals surface area contributed by atoms with E-state index in [0.29, 0.717) is 0 Å². The van der Waals surface area contributed by atoms with Gasteiger partial charge in [0.2, 0.25) is 5.91 Å². The molecule has 1 aliphatic heterocycles. The first-order chi connectivity index (χ1) is 9.74. The number of aromatic amines is 1. The number of nitrogens with one attached hydrogen (secondary N) is 3. The van der Waals surface area contributed by atoms with Crippen molar-refractivity contribution in [3.8, 4) is 0 Å². The maximum Gasteiger partial charge on any atom is 0.237 e. The second-order valence-corrected chi connectivity index (χ2v) is 5.37. The zero-order chi connectivity index (χ0) is 13.9. The number of H-pyrrole nitrogens is 1. The van der Waals surface area contributed by atoms with Gasteiger partial charge in [0.15, 0.2) is 0 Å². The molecule has 0 bridgehead atoms. The summed E-state index contributed by atoms with van der Waals surface area (Å²) in [6.45, 7) is 2.88. The molecule has 2 aromatic rings.